The second-order valence-corrected chi connectivity index (χ2v) is 7.81. The van der Waals surface area contributed by atoms with Crippen molar-refractivity contribution in [1.29, 1.82) is 0 Å². The highest BCUT2D eigenvalue weighted by Gasteiger charge is 2.26. The van der Waals surface area contributed by atoms with Gasteiger partial charge in [-0.2, -0.15) is 0 Å². The van der Waals surface area contributed by atoms with E-state index in [2.05, 4.69) is 10.2 Å². The number of hydrogen-bond donors (Lipinski definition) is 2. The van der Waals surface area contributed by atoms with Gasteiger partial charge in [-0.25, -0.2) is 0 Å². The van der Waals surface area contributed by atoms with Crippen molar-refractivity contribution in [2.45, 2.75) is 31.6 Å². The van der Waals surface area contributed by atoms with Gasteiger partial charge in [-0.15, -0.1) is 0 Å². The van der Waals surface area contributed by atoms with Crippen LogP contribution in [-0.4, -0.2) is 31.5 Å². The second kappa shape index (κ2) is 8.55. The third-order valence-electron chi connectivity index (χ3n) is 5.93. The number of nitrogens with zero attached hydrogens (tertiary/aromatic N) is 1. The minimum absolute atomic E-state index is 0.00572. The van der Waals surface area contributed by atoms with Crippen molar-refractivity contribution in [3.05, 3.63) is 54.1 Å². The number of carbonyl (C=O) groups is 2. The van der Waals surface area contributed by atoms with Crippen LogP contribution in [0.3, 0.4) is 0 Å². The lowest BCUT2D eigenvalue weighted by Gasteiger charge is -2.33. The maximum Gasteiger partial charge on any atom is 0.225 e. The number of rotatable bonds is 5. The molecule has 1 atom stereocenters. The number of para-hydroxylation sites is 3. The average molecular weight is 393 g/mol. The molecule has 2 aromatic carbocycles. The Hall–Kier alpha value is -3.02. The number of nitrogens with two attached hydrogens (primary N) is 1. The molecule has 2 aromatic rings. The SMILES string of the molecule is NC(=O)C1CCN(c2ccccc2NC(=O)CC2CCOc3ccccc32)CC1. The molecule has 6 nitrogen and oxygen atoms in total. The van der Waals surface area contributed by atoms with Crippen LogP contribution in [-0.2, 0) is 9.59 Å². The molecule has 29 heavy (non-hydrogen) atoms. The number of ether oxygens (including phenoxy) is 1. The van der Waals surface area contributed by atoms with Gasteiger partial charge in [0.05, 0.1) is 18.0 Å². The molecule has 2 amide bonds. The van der Waals surface area contributed by atoms with Gasteiger partial charge in [0.1, 0.15) is 5.75 Å². The zero-order valence-corrected chi connectivity index (χ0v) is 16.5. The summed E-state index contributed by atoms with van der Waals surface area (Å²) in [4.78, 5) is 26.5. The number of benzene rings is 2. The van der Waals surface area contributed by atoms with E-state index < -0.39 is 0 Å². The van der Waals surface area contributed by atoms with Crippen LogP contribution in [0.2, 0.25) is 0 Å². The van der Waals surface area contributed by atoms with Crippen LogP contribution in [0.5, 0.6) is 5.75 Å². The quantitative estimate of drug-likeness (QED) is 0.816. The van der Waals surface area contributed by atoms with E-state index in [0.29, 0.717) is 13.0 Å². The number of carbonyl (C=O) groups excluding carboxylic acids is 2. The molecule has 4 rings (SSSR count). The van der Waals surface area contributed by atoms with Crippen LogP contribution in [0.25, 0.3) is 0 Å². The summed E-state index contributed by atoms with van der Waals surface area (Å²) in [5, 5.41) is 3.11. The lowest BCUT2D eigenvalue weighted by Crippen LogP contribution is -2.38. The molecule has 0 radical (unpaired) electrons. The van der Waals surface area contributed by atoms with Crippen LogP contribution in [0.15, 0.2) is 48.5 Å². The highest BCUT2D eigenvalue weighted by Crippen LogP contribution is 2.36. The molecule has 1 fully saturated rings. The minimum atomic E-state index is -0.219. The van der Waals surface area contributed by atoms with E-state index in [4.69, 9.17) is 10.5 Å². The molecule has 1 unspecified atom stereocenters. The van der Waals surface area contributed by atoms with Gasteiger partial charge in [-0.05, 0) is 48.9 Å². The molecular formula is C23H27N3O3. The Morgan fingerprint density at radius 3 is 2.55 bits per heavy atom. The molecule has 2 aliphatic rings. The lowest BCUT2D eigenvalue weighted by molar-refractivity contribution is -0.122. The van der Waals surface area contributed by atoms with Crippen molar-refractivity contribution in [1.82, 2.24) is 0 Å². The Labute approximate surface area is 171 Å². The van der Waals surface area contributed by atoms with E-state index in [1.165, 1.54) is 0 Å². The molecule has 152 valence electrons. The molecule has 6 heteroatoms. The molecular weight excluding hydrogens is 366 g/mol. The summed E-state index contributed by atoms with van der Waals surface area (Å²) >= 11 is 0. The van der Waals surface area contributed by atoms with Crippen molar-refractivity contribution >= 4 is 23.2 Å². The Kier molecular flexibility index (Phi) is 5.69. The first kappa shape index (κ1) is 19.3. The number of fused-ring (bicyclic) bond motifs is 1. The first-order valence-corrected chi connectivity index (χ1v) is 10.3. The number of anilines is 2. The van der Waals surface area contributed by atoms with Crippen LogP contribution in [0.1, 0.15) is 37.2 Å². The third kappa shape index (κ3) is 4.36. The van der Waals surface area contributed by atoms with Crippen LogP contribution in [0.4, 0.5) is 11.4 Å². The number of primary amides is 1. The smallest absolute Gasteiger partial charge is 0.225 e. The summed E-state index contributed by atoms with van der Waals surface area (Å²) in [6.07, 6.45) is 2.76. The first-order valence-electron chi connectivity index (χ1n) is 10.3. The van der Waals surface area contributed by atoms with E-state index in [-0.39, 0.29) is 23.7 Å². The van der Waals surface area contributed by atoms with Gasteiger partial charge in [0.25, 0.3) is 0 Å². The summed E-state index contributed by atoms with van der Waals surface area (Å²) in [6.45, 7) is 2.15. The fraction of sp³-hybridized carbons (Fsp3) is 0.391. The van der Waals surface area contributed by atoms with Crippen molar-refractivity contribution in [2.24, 2.45) is 11.7 Å². The van der Waals surface area contributed by atoms with Gasteiger partial charge in [0.2, 0.25) is 11.8 Å². The summed E-state index contributed by atoms with van der Waals surface area (Å²) in [5.41, 5.74) is 8.37. The van der Waals surface area contributed by atoms with Gasteiger partial charge >= 0.3 is 0 Å². The molecule has 0 saturated carbocycles. The highest BCUT2D eigenvalue weighted by atomic mass is 16.5. The Balaban J connectivity index is 1.43. The molecule has 1 saturated heterocycles. The number of piperidine rings is 1. The van der Waals surface area contributed by atoms with Crippen LogP contribution >= 0.6 is 0 Å². The number of hydrogen-bond acceptors (Lipinski definition) is 4. The monoisotopic (exact) mass is 393 g/mol. The number of amides is 2. The zero-order valence-electron chi connectivity index (χ0n) is 16.5. The first-order chi connectivity index (χ1) is 14.1. The molecule has 0 bridgehead atoms. The van der Waals surface area contributed by atoms with Crippen molar-refractivity contribution in [3.8, 4) is 5.75 Å². The molecule has 0 aromatic heterocycles. The predicted molar refractivity (Wildman–Crippen MR) is 113 cm³/mol. The largest absolute Gasteiger partial charge is 0.493 e. The van der Waals surface area contributed by atoms with Crippen LogP contribution in [0, 0.1) is 5.92 Å². The minimum Gasteiger partial charge on any atom is -0.493 e. The highest BCUT2D eigenvalue weighted by molar-refractivity contribution is 5.95. The van der Waals surface area contributed by atoms with E-state index >= 15 is 0 Å². The van der Waals surface area contributed by atoms with E-state index in [0.717, 1.165) is 55.0 Å². The normalized spacial score (nSPS) is 19.2. The predicted octanol–water partition coefficient (Wildman–Crippen LogP) is 3.28. The Bertz CT molecular complexity index is 890. The standard InChI is InChI=1S/C23H27N3O3/c24-23(28)16-9-12-26(13-10-16)20-7-3-2-6-19(20)25-22(27)15-17-11-14-29-21-8-4-1-5-18(17)21/h1-8,16-17H,9-15H2,(H2,24,28)(H,25,27). The average Bonchev–Trinajstić information content (AvgIpc) is 2.74. The fourth-order valence-corrected chi connectivity index (χ4v) is 4.31. The summed E-state index contributed by atoms with van der Waals surface area (Å²) in [7, 11) is 0. The van der Waals surface area contributed by atoms with Crippen molar-refractivity contribution in [2.75, 3.05) is 29.9 Å². The van der Waals surface area contributed by atoms with E-state index in [1.54, 1.807) is 0 Å². The van der Waals surface area contributed by atoms with Crippen molar-refractivity contribution < 1.29 is 14.3 Å². The zero-order chi connectivity index (χ0) is 20.2. The number of nitrogens with one attached hydrogen (secondary N) is 1. The molecule has 0 spiro atoms. The Morgan fingerprint density at radius 1 is 1.03 bits per heavy atom. The fourth-order valence-electron chi connectivity index (χ4n) is 4.31. The molecule has 2 aliphatic heterocycles. The van der Waals surface area contributed by atoms with E-state index in [1.807, 2.05) is 48.5 Å². The van der Waals surface area contributed by atoms with Gasteiger partial charge in [-0.3, -0.25) is 9.59 Å². The van der Waals surface area contributed by atoms with Gasteiger partial charge in [0, 0.05) is 25.4 Å². The topological polar surface area (TPSA) is 84.7 Å². The van der Waals surface area contributed by atoms with Gasteiger partial charge in [0.15, 0.2) is 0 Å². The third-order valence-corrected chi connectivity index (χ3v) is 5.93. The summed E-state index contributed by atoms with van der Waals surface area (Å²) < 4.78 is 5.71. The van der Waals surface area contributed by atoms with Crippen LogP contribution < -0.4 is 20.7 Å². The van der Waals surface area contributed by atoms with Gasteiger partial charge in [-0.1, -0.05) is 30.3 Å². The van der Waals surface area contributed by atoms with Crippen molar-refractivity contribution in [3.63, 3.8) is 0 Å². The van der Waals surface area contributed by atoms with E-state index in [9.17, 15) is 9.59 Å². The Morgan fingerprint density at radius 2 is 1.76 bits per heavy atom. The maximum absolute atomic E-state index is 12.8. The summed E-state index contributed by atoms with van der Waals surface area (Å²) in [6, 6.07) is 15.8. The maximum atomic E-state index is 12.8. The van der Waals surface area contributed by atoms with Gasteiger partial charge < -0.3 is 20.7 Å². The summed E-state index contributed by atoms with van der Waals surface area (Å²) in [5.74, 6) is 0.781. The molecule has 2 heterocycles. The molecule has 0 aliphatic carbocycles. The lowest BCUT2D eigenvalue weighted by atomic mass is 9.90. The second-order valence-electron chi connectivity index (χ2n) is 7.81. The molecule has 3 N–H and O–H groups in total.